The van der Waals surface area contributed by atoms with Gasteiger partial charge in [-0.05, 0) is 18.7 Å². The highest BCUT2D eigenvalue weighted by molar-refractivity contribution is 6.20. The van der Waals surface area contributed by atoms with E-state index in [1.54, 1.807) is 0 Å². The van der Waals surface area contributed by atoms with Crippen LogP contribution in [0.3, 0.4) is 0 Å². The Balaban J connectivity index is 2.72. The molecule has 0 spiro atoms. The molecule has 1 nitrogen and oxygen atoms in total. The fourth-order valence-electron chi connectivity index (χ4n) is 1.37. The van der Waals surface area contributed by atoms with E-state index in [4.69, 9.17) is 11.6 Å². The second-order valence-corrected chi connectivity index (χ2v) is 3.38. The highest BCUT2D eigenvalue weighted by Gasteiger charge is 2.13. The van der Waals surface area contributed by atoms with E-state index in [2.05, 4.69) is 30.9 Å². The second-order valence-electron chi connectivity index (χ2n) is 2.97. The maximum Gasteiger partial charge on any atom is 0.111 e. The van der Waals surface area contributed by atoms with Crippen molar-refractivity contribution in [1.82, 2.24) is 4.90 Å². The first-order chi connectivity index (χ1) is 6.29. The summed E-state index contributed by atoms with van der Waals surface area (Å²) in [5.74, 6) is 0. The average molecular weight is 198 g/mol. The average Bonchev–Trinajstić information content (AvgIpc) is 2.21. The summed E-state index contributed by atoms with van der Waals surface area (Å²) in [5.41, 5.74) is 1.18. The van der Waals surface area contributed by atoms with E-state index in [1.165, 1.54) is 5.56 Å². The van der Waals surface area contributed by atoms with E-state index in [0.29, 0.717) is 0 Å². The van der Waals surface area contributed by atoms with Gasteiger partial charge in [0.15, 0.2) is 0 Å². The van der Waals surface area contributed by atoms with Gasteiger partial charge in [-0.25, -0.2) is 0 Å². The van der Waals surface area contributed by atoms with Crippen molar-refractivity contribution in [2.45, 2.75) is 19.3 Å². The van der Waals surface area contributed by atoms with Crippen LogP contribution in [-0.4, -0.2) is 18.0 Å². The van der Waals surface area contributed by atoms with E-state index in [1.807, 2.05) is 18.2 Å². The maximum atomic E-state index is 6.30. The molecule has 13 heavy (non-hydrogen) atoms. The molecular formula is C11H16ClN. The molecule has 0 aromatic heterocycles. The Kier molecular flexibility index (Phi) is 4.26. The van der Waals surface area contributed by atoms with Gasteiger partial charge in [-0.15, -0.1) is 11.6 Å². The zero-order chi connectivity index (χ0) is 9.68. The lowest BCUT2D eigenvalue weighted by atomic mass is 10.2. The zero-order valence-corrected chi connectivity index (χ0v) is 8.96. The molecule has 0 aliphatic rings. The predicted molar refractivity (Wildman–Crippen MR) is 58.0 cm³/mol. The molecule has 1 aromatic rings. The number of rotatable bonds is 4. The highest BCUT2D eigenvalue weighted by Crippen LogP contribution is 2.23. The third-order valence-corrected chi connectivity index (χ3v) is 2.74. The molecule has 72 valence electrons. The van der Waals surface area contributed by atoms with Gasteiger partial charge >= 0.3 is 0 Å². The summed E-state index contributed by atoms with van der Waals surface area (Å²) >= 11 is 6.30. The summed E-state index contributed by atoms with van der Waals surface area (Å²) in [6.07, 6.45) is 0. The van der Waals surface area contributed by atoms with Gasteiger partial charge in [0.1, 0.15) is 5.50 Å². The van der Waals surface area contributed by atoms with Crippen LogP contribution in [0.15, 0.2) is 30.3 Å². The SMILES string of the molecule is CCN(CC)C(Cl)c1ccccc1. The van der Waals surface area contributed by atoms with Crippen LogP contribution in [0, 0.1) is 0 Å². The van der Waals surface area contributed by atoms with Gasteiger partial charge in [-0.3, -0.25) is 4.90 Å². The number of benzene rings is 1. The first-order valence-corrected chi connectivity index (χ1v) is 5.16. The van der Waals surface area contributed by atoms with Crippen molar-refractivity contribution in [3.8, 4) is 0 Å². The Hall–Kier alpha value is -0.530. The second kappa shape index (κ2) is 5.25. The molecule has 2 heteroatoms. The molecule has 1 unspecified atom stereocenters. The quantitative estimate of drug-likeness (QED) is 0.529. The first kappa shape index (κ1) is 10.6. The molecule has 0 fully saturated rings. The monoisotopic (exact) mass is 197 g/mol. The van der Waals surface area contributed by atoms with E-state index in [-0.39, 0.29) is 5.50 Å². The van der Waals surface area contributed by atoms with E-state index >= 15 is 0 Å². The van der Waals surface area contributed by atoms with Crippen LogP contribution in [0.4, 0.5) is 0 Å². The van der Waals surface area contributed by atoms with Crippen LogP contribution < -0.4 is 0 Å². The van der Waals surface area contributed by atoms with Gasteiger partial charge in [0.25, 0.3) is 0 Å². The molecule has 0 radical (unpaired) electrons. The van der Waals surface area contributed by atoms with Crippen LogP contribution in [0.2, 0.25) is 0 Å². The van der Waals surface area contributed by atoms with Crippen molar-refractivity contribution < 1.29 is 0 Å². The zero-order valence-electron chi connectivity index (χ0n) is 8.20. The molecular weight excluding hydrogens is 182 g/mol. The third-order valence-electron chi connectivity index (χ3n) is 2.21. The van der Waals surface area contributed by atoms with Crippen molar-refractivity contribution in [2.24, 2.45) is 0 Å². The summed E-state index contributed by atoms with van der Waals surface area (Å²) < 4.78 is 0. The minimum Gasteiger partial charge on any atom is -0.284 e. The largest absolute Gasteiger partial charge is 0.284 e. The van der Waals surface area contributed by atoms with Gasteiger partial charge in [0, 0.05) is 0 Å². The van der Waals surface area contributed by atoms with Gasteiger partial charge < -0.3 is 0 Å². The Morgan fingerprint density at radius 2 is 1.69 bits per heavy atom. The molecule has 0 heterocycles. The molecule has 1 rings (SSSR count). The third kappa shape index (κ3) is 2.71. The smallest absolute Gasteiger partial charge is 0.111 e. The highest BCUT2D eigenvalue weighted by atomic mass is 35.5. The Morgan fingerprint density at radius 1 is 1.15 bits per heavy atom. The van der Waals surface area contributed by atoms with Gasteiger partial charge in [-0.1, -0.05) is 44.2 Å². The van der Waals surface area contributed by atoms with Crippen molar-refractivity contribution in [2.75, 3.05) is 13.1 Å². The minimum absolute atomic E-state index is 0.0104. The van der Waals surface area contributed by atoms with Crippen LogP contribution in [0.25, 0.3) is 0 Å². The van der Waals surface area contributed by atoms with E-state index in [9.17, 15) is 0 Å². The number of alkyl halides is 1. The number of hydrogen-bond donors (Lipinski definition) is 0. The fourth-order valence-corrected chi connectivity index (χ4v) is 1.79. The normalized spacial score (nSPS) is 13.2. The molecule has 0 saturated heterocycles. The van der Waals surface area contributed by atoms with Gasteiger partial charge in [0.05, 0.1) is 0 Å². The lowest BCUT2D eigenvalue weighted by Gasteiger charge is -2.24. The molecule has 0 N–H and O–H groups in total. The van der Waals surface area contributed by atoms with Crippen molar-refractivity contribution in [3.05, 3.63) is 35.9 Å². The van der Waals surface area contributed by atoms with Crippen LogP contribution in [-0.2, 0) is 0 Å². The van der Waals surface area contributed by atoms with Crippen LogP contribution >= 0.6 is 11.6 Å². The summed E-state index contributed by atoms with van der Waals surface area (Å²) in [6, 6.07) is 10.2. The molecule has 0 bridgehead atoms. The summed E-state index contributed by atoms with van der Waals surface area (Å²) in [4.78, 5) is 2.22. The van der Waals surface area contributed by atoms with E-state index < -0.39 is 0 Å². The minimum atomic E-state index is 0.0104. The lowest BCUT2D eigenvalue weighted by Crippen LogP contribution is -2.24. The lowest BCUT2D eigenvalue weighted by molar-refractivity contribution is 0.282. The van der Waals surface area contributed by atoms with Crippen LogP contribution in [0.1, 0.15) is 24.9 Å². The summed E-state index contributed by atoms with van der Waals surface area (Å²) in [5, 5.41) is 0. The summed E-state index contributed by atoms with van der Waals surface area (Å²) in [7, 11) is 0. The van der Waals surface area contributed by atoms with E-state index in [0.717, 1.165) is 13.1 Å². The number of nitrogens with zero attached hydrogens (tertiary/aromatic N) is 1. The van der Waals surface area contributed by atoms with Crippen molar-refractivity contribution in [3.63, 3.8) is 0 Å². The summed E-state index contributed by atoms with van der Waals surface area (Å²) in [6.45, 7) is 6.22. The standard InChI is InChI=1S/C11H16ClN/c1-3-13(4-2)11(12)10-8-6-5-7-9-10/h5-9,11H,3-4H2,1-2H3. The maximum absolute atomic E-state index is 6.30. The van der Waals surface area contributed by atoms with Crippen molar-refractivity contribution in [1.29, 1.82) is 0 Å². The fraction of sp³-hybridized carbons (Fsp3) is 0.455. The topological polar surface area (TPSA) is 3.24 Å². The van der Waals surface area contributed by atoms with Crippen LogP contribution in [0.5, 0.6) is 0 Å². The number of halogens is 1. The number of hydrogen-bond acceptors (Lipinski definition) is 1. The Bertz CT molecular complexity index is 231. The van der Waals surface area contributed by atoms with Crippen molar-refractivity contribution >= 4 is 11.6 Å². The molecule has 0 saturated carbocycles. The molecule has 0 aliphatic heterocycles. The predicted octanol–water partition coefficient (Wildman–Crippen LogP) is 3.27. The first-order valence-electron chi connectivity index (χ1n) is 4.72. The molecule has 1 aromatic carbocycles. The Labute approximate surface area is 85.3 Å². The molecule has 0 amide bonds. The van der Waals surface area contributed by atoms with Gasteiger partial charge in [0.2, 0.25) is 0 Å². The molecule has 1 atom stereocenters. The molecule has 0 aliphatic carbocycles. The Morgan fingerprint density at radius 3 is 2.15 bits per heavy atom. The van der Waals surface area contributed by atoms with Gasteiger partial charge in [-0.2, -0.15) is 0 Å².